The minimum Gasteiger partial charge on any atom is -0.435 e. The zero-order valence-corrected chi connectivity index (χ0v) is 25.8. The molecule has 4 atom stereocenters. The number of hydrogen-bond donors (Lipinski definition) is 11. The van der Waals surface area contributed by atoms with Gasteiger partial charge in [0, 0.05) is 0 Å². The number of aromatic nitrogens is 4. The van der Waals surface area contributed by atoms with Gasteiger partial charge in [0.05, 0.1) is 19.0 Å². The molecule has 7 rings (SSSR count). The second-order valence-electron chi connectivity index (χ2n) is 9.54. The second kappa shape index (κ2) is 10.7. The molecular formula is C20H23FN10O10P2S2+2. The third kappa shape index (κ3) is 5.24. The Morgan fingerprint density at radius 1 is 1.18 bits per heavy atom. The number of ether oxygens (including phenoxy) is 1. The van der Waals surface area contributed by atoms with E-state index in [-0.39, 0.29) is 48.0 Å². The number of fused-ring (bicyclic) bond motifs is 5. The van der Waals surface area contributed by atoms with Crippen molar-refractivity contribution in [1.82, 2.24) is 35.5 Å². The molecule has 240 valence electrons. The Morgan fingerprint density at radius 3 is 2.78 bits per heavy atom. The van der Waals surface area contributed by atoms with E-state index in [0.29, 0.717) is 11.5 Å². The van der Waals surface area contributed by atoms with Crippen molar-refractivity contribution in [1.29, 1.82) is 0 Å². The van der Waals surface area contributed by atoms with Crippen LogP contribution in [0.2, 0.25) is 0 Å². The van der Waals surface area contributed by atoms with Gasteiger partial charge in [0.2, 0.25) is 17.6 Å². The van der Waals surface area contributed by atoms with Crippen LogP contribution in [0, 0.1) is 5.82 Å². The Kier molecular flexibility index (Phi) is 7.15. The molecule has 0 aromatic carbocycles. The minimum atomic E-state index is -4.28. The summed E-state index contributed by atoms with van der Waals surface area (Å²) < 4.78 is 50.3. The summed E-state index contributed by atoms with van der Waals surface area (Å²) in [6.45, 7) is -0.378. The van der Waals surface area contributed by atoms with Gasteiger partial charge in [-0.05, 0) is 0 Å². The highest BCUT2D eigenvalue weighted by Crippen LogP contribution is 2.67. The minimum absolute atomic E-state index is 0.0660. The van der Waals surface area contributed by atoms with Crippen molar-refractivity contribution < 1.29 is 46.5 Å². The van der Waals surface area contributed by atoms with E-state index in [4.69, 9.17) is 38.7 Å². The fraction of sp³-hybridized carbons (Fsp3) is 0.250. The Balaban J connectivity index is 1.28. The molecule has 3 aromatic rings. The molecule has 7 heterocycles. The van der Waals surface area contributed by atoms with Crippen molar-refractivity contribution in [3.63, 3.8) is 0 Å². The molecule has 1 saturated heterocycles. The lowest BCUT2D eigenvalue weighted by atomic mass is 10.3. The molecule has 0 saturated carbocycles. The fourth-order valence-corrected chi connectivity index (χ4v) is 7.04. The van der Waals surface area contributed by atoms with Crippen LogP contribution in [0.3, 0.4) is 0 Å². The lowest BCUT2D eigenvalue weighted by Crippen LogP contribution is -2.51. The van der Waals surface area contributed by atoms with Crippen LogP contribution in [0.25, 0.3) is 17.0 Å². The number of nitrogens with two attached hydrogens (primary N) is 2. The number of halogens is 1. The van der Waals surface area contributed by atoms with Crippen LogP contribution in [0.5, 0.6) is 5.75 Å². The monoisotopic (exact) mass is 708 g/mol. The molecule has 4 aliphatic heterocycles. The summed E-state index contributed by atoms with van der Waals surface area (Å²) in [5.41, 5.74) is 11.3. The summed E-state index contributed by atoms with van der Waals surface area (Å²) >= 11 is 8.14. The Labute approximate surface area is 261 Å². The van der Waals surface area contributed by atoms with E-state index in [1.54, 1.807) is 0 Å². The van der Waals surface area contributed by atoms with Gasteiger partial charge in [-0.1, -0.05) is 0 Å². The first kappa shape index (κ1) is 30.0. The largest absolute Gasteiger partial charge is 0.563 e. The van der Waals surface area contributed by atoms with Crippen LogP contribution in [0.1, 0.15) is 5.76 Å². The van der Waals surface area contributed by atoms with Crippen molar-refractivity contribution in [2.45, 2.75) is 18.9 Å². The Bertz CT molecular complexity index is 1880. The van der Waals surface area contributed by atoms with E-state index in [1.165, 1.54) is 4.90 Å². The lowest BCUT2D eigenvalue weighted by molar-refractivity contribution is 0.147. The van der Waals surface area contributed by atoms with Gasteiger partial charge in [-0.25, -0.2) is 9.55 Å². The number of thiol groups is 2. The molecule has 4 aliphatic rings. The molecule has 20 nitrogen and oxygen atoms in total. The lowest BCUT2D eigenvalue weighted by Gasteiger charge is -2.28. The molecule has 0 amide bonds. The SMILES string of the molecule is NC1=C2NCN(c3oc4c(c3F)O[P+](O)(S)O/C=C3/OC(n5cnc6c(=O)[nH]c(N)nc65)=C(O[P+](O)(S)OC4)[C@@H]3O)C2NCN1. The number of hydrogen-bond acceptors (Lipinski definition) is 20. The number of aliphatic hydroxyl groups is 1. The predicted molar refractivity (Wildman–Crippen MR) is 160 cm³/mol. The smallest absolute Gasteiger partial charge is 0.435 e. The molecule has 0 aliphatic carbocycles. The molecular weight excluding hydrogens is 685 g/mol. The van der Waals surface area contributed by atoms with Crippen molar-refractivity contribution in [2.24, 2.45) is 5.73 Å². The molecule has 3 aromatic heterocycles. The van der Waals surface area contributed by atoms with Gasteiger partial charge in [-0.3, -0.25) is 28.7 Å². The predicted octanol–water partition coefficient (Wildman–Crippen LogP) is -0.394. The summed E-state index contributed by atoms with van der Waals surface area (Å²) in [6.07, 6.45) is -0.555. The summed E-state index contributed by atoms with van der Waals surface area (Å²) in [5, 5.41) is 20.1. The molecule has 0 spiro atoms. The van der Waals surface area contributed by atoms with Crippen LogP contribution in [0.15, 0.2) is 44.8 Å². The van der Waals surface area contributed by atoms with Crippen LogP contribution in [0.4, 0.5) is 16.2 Å². The number of furan rings is 1. The van der Waals surface area contributed by atoms with E-state index >= 15 is 4.39 Å². The average Bonchev–Trinajstić information content (AvgIpc) is 3.72. The van der Waals surface area contributed by atoms with Crippen molar-refractivity contribution in [3.8, 4) is 5.75 Å². The molecule has 2 bridgehead atoms. The second-order valence-corrected chi connectivity index (χ2v) is 15.4. The quantitative estimate of drug-likeness (QED) is 0.119. The number of anilines is 2. The number of nitrogen functional groups attached to an aromatic ring is 1. The molecule has 11 N–H and O–H groups in total. The standard InChI is InChI=1S/C20H22FN10O10P2S2/c21-8-12-7(39-18(8)30-4-26-9-14(22)24-3-25-15(9)30)2-37-43(35,45)41-13-11(32)6(1-36-42(34,44)40-12)38-19(13)31-5-27-10-16(31)28-20(23)29-17(10)33/h1,5,11,15,24-26,32,34-35,44-45H,2-4,22H2,(H2-,23,28,29,33)/q+1/p+1/b6-1+/t11-,15?,42?,43?/m1/s1. The van der Waals surface area contributed by atoms with Crippen LogP contribution in [-0.4, -0.2) is 60.0 Å². The van der Waals surface area contributed by atoms with E-state index in [0.717, 1.165) is 17.2 Å². The van der Waals surface area contributed by atoms with Gasteiger partial charge in [0.25, 0.3) is 23.0 Å². The van der Waals surface area contributed by atoms with Gasteiger partial charge in [-0.15, -0.1) is 0 Å². The highest BCUT2D eigenvalue weighted by atomic mass is 32.7. The molecule has 3 unspecified atom stereocenters. The Hall–Kier alpha value is -3.66. The number of H-pyrrole nitrogens is 1. The number of imidazole rings is 1. The first-order valence-electron chi connectivity index (χ1n) is 12.5. The maximum absolute atomic E-state index is 15.9. The summed E-state index contributed by atoms with van der Waals surface area (Å²) in [4.78, 5) is 46.1. The highest BCUT2D eigenvalue weighted by molar-refractivity contribution is 8.47. The van der Waals surface area contributed by atoms with Crippen LogP contribution in [-0.2, 0) is 24.9 Å². The van der Waals surface area contributed by atoms with Gasteiger partial charge in [0.15, 0.2) is 41.7 Å². The van der Waals surface area contributed by atoms with Crippen LogP contribution < -0.4 is 42.4 Å². The van der Waals surface area contributed by atoms with Gasteiger partial charge >= 0.3 is 14.3 Å². The summed E-state index contributed by atoms with van der Waals surface area (Å²) in [5.74, 6) is -3.55. The maximum atomic E-state index is 15.9. The number of nitrogens with zero attached hydrogens (tertiary/aromatic N) is 4. The van der Waals surface area contributed by atoms with E-state index in [9.17, 15) is 19.7 Å². The maximum Gasteiger partial charge on any atom is 0.563 e. The van der Waals surface area contributed by atoms with E-state index < -0.39 is 61.8 Å². The summed E-state index contributed by atoms with van der Waals surface area (Å²) in [7, 11) is -8.54. The van der Waals surface area contributed by atoms with Crippen molar-refractivity contribution in [2.75, 3.05) is 24.0 Å². The Morgan fingerprint density at radius 2 is 1.98 bits per heavy atom. The zero-order valence-electron chi connectivity index (χ0n) is 22.2. The van der Waals surface area contributed by atoms with Gasteiger partial charge in [-0.2, -0.15) is 23.7 Å². The normalized spacial score (nSPS) is 29.5. The summed E-state index contributed by atoms with van der Waals surface area (Å²) in [6, 6.07) is 0. The number of nitrogens with one attached hydrogen (secondary N) is 4. The van der Waals surface area contributed by atoms with Gasteiger partial charge in [0.1, 0.15) is 42.8 Å². The number of aliphatic hydroxyl groups excluding tert-OH is 1. The third-order valence-electron chi connectivity index (χ3n) is 6.70. The third-order valence-corrected chi connectivity index (χ3v) is 9.51. The topological polar surface area (TPSA) is 275 Å². The first-order valence-corrected chi connectivity index (χ1v) is 18.0. The average molecular weight is 709 g/mol. The highest BCUT2D eigenvalue weighted by Gasteiger charge is 2.51. The molecule has 45 heavy (non-hydrogen) atoms. The number of rotatable bonds is 2. The zero-order chi connectivity index (χ0) is 31.8. The van der Waals surface area contributed by atoms with Crippen molar-refractivity contribution in [3.05, 3.63) is 57.6 Å². The van der Waals surface area contributed by atoms with Gasteiger partial charge < -0.3 is 41.3 Å². The fourth-order valence-electron chi connectivity index (χ4n) is 4.74. The van der Waals surface area contributed by atoms with Crippen molar-refractivity contribution >= 4 is 67.7 Å². The van der Waals surface area contributed by atoms with E-state index in [2.05, 4.69) is 55.4 Å². The van der Waals surface area contributed by atoms with Crippen LogP contribution >= 0.6 is 38.8 Å². The first-order chi connectivity index (χ1) is 21.3. The van der Waals surface area contributed by atoms with E-state index in [1.807, 2.05) is 0 Å². The molecule has 0 radical (unpaired) electrons. The number of aromatic amines is 1. The molecule has 1 fully saturated rings. The molecule has 25 heteroatoms.